The topological polar surface area (TPSA) is 76.4 Å². The van der Waals surface area contributed by atoms with Crippen LogP contribution < -0.4 is 15.4 Å². The maximum absolute atomic E-state index is 12.6. The number of pyridine rings is 1. The number of aromatic nitrogens is 1. The van der Waals surface area contributed by atoms with Gasteiger partial charge >= 0.3 is 0 Å². The fraction of sp³-hybridized carbons (Fsp3) is 0.130. The summed E-state index contributed by atoms with van der Waals surface area (Å²) >= 11 is 1.52. The van der Waals surface area contributed by atoms with Gasteiger partial charge < -0.3 is 19.8 Å². The van der Waals surface area contributed by atoms with E-state index in [4.69, 9.17) is 9.15 Å². The lowest BCUT2D eigenvalue weighted by Crippen LogP contribution is -2.16. The molecule has 6 nitrogen and oxygen atoms in total. The number of nitrogens with one attached hydrogen (secondary N) is 2. The van der Waals surface area contributed by atoms with Gasteiger partial charge in [0.25, 0.3) is 5.91 Å². The van der Waals surface area contributed by atoms with Gasteiger partial charge in [0.15, 0.2) is 5.76 Å². The molecule has 0 saturated heterocycles. The fourth-order valence-corrected chi connectivity index (χ4v) is 4.12. The Labute approximate surface area is 178 Å². The number of rotatable bonds is 7. The molecule has 3 heterocycles. The Balaban J connectivity index is 1.74. The van der Waals surface area contributed by atoms with E-state index in [0.29, 0.717) is 0 Å². The van der Waals surface area contributed by atoms with Crippen LogP contribution >= 0.6 is 11.3 Å². The van der Waals surface area contributed by atoms with Crippen molar-refractivity contribution in [1.82, 2.24) is 4.98 Å². The third-order valence-electron chi connectivity index (χ3n) is 4.55. The zero-order chi connectivity index (χ0) is 20.9. The van der Waals surface area contributed by atoms with Gasteiger partial charge in [-0.2, -0.15) is 0 Å². The molecule has 152 valence electrons. The van der Waals surface area contributed by atoms with Crippen molar-refractivity contribution in [3.05, 3.63) is 94.9 Å². The van der Waals surface area contributed by atoms with E-state index in [2.05, 4.69) is 21.7 Å². The molecule has 1 atom stereocenters. The smallest absolute Gasteiger partial charge is 0.291 e. The summed E-state index contributed by atoms with van der Waals surface area (Å²) in [5.74, 6) is 1.47. The predicted molar refractivity (Wildman–Crippen MR) is 118 cm³/mol. The highest BCUT2D eigenvalue weighted by Crippen LogP contribution is 2.38. The second-order valence-corrected chi connectivity index (χ2v) is 7.90. The molecule has 0 aliphatic heterocycles. The van der Waals surface area contributed by atoms with Gasteiger partial charge in [-0.15, -0.1) is 11.3 Å². The summed E-state index contributed by atoms with van der Waals surface area (Å²) in [6.07, 6.45) is 3.22. The van der Waals surface area contributed by atoms with Crippen LogP contribution in [0.15, 0.2) is 77.5 Å². The molecule has 1 amide bonds. The number of aryl methyl sites for hydroxylation is 1. The van der Waals surface area contributed by atoms with E-state index in [9.17, 15) is 4.79 Å². The molecule has 3 aromatic heterocycles. The molecule has 7 heteroatoms. The molecule has 30 heavy (non-hydrogen) atoms. The first-order valence-corrected chi connectivity index (χ1v) is 10.2. The number of nitrogens with zero attached hydrogens (tertiary/aromatic N) is 1. The number of ether oxygens (including phenoxy) is 1. The summed E-state index contributed by atoms with van der Waals surface area (Å²) < 4.78 is 10.7. The van der Waals surface area contributed by atoms with E-state index in [1.165, 1.54) is 17.6 Å². The Morgan fingerprint density at radius 2 is 2.03 bits per heavy atom. The molecule has 1 aromatic carbocycles. The van der Waals surface area contributed by atoms with Crippen molar-refractivity contribution < 1.29 is 13.9 Å². The molecule has 2 N–H and O–H groups in total. The Hall–Kier alpha value is -3.58. The number of thiophene rings is 1. The molecule has 0 bridgehead atoms. The summed E-state index contributed by atoms with van der Waals surface area (Å²) in [4.78, 5) is 18.1. The Morgan fingerprint density at radius 1 is 1.13 bits per heavy atom. The zero-order valence-electron chi connectivity index (χ0n) is 16.6. The Kier molecular flexibility index (Phi) is 5.81. The van der Waals surface area contributed by atoms with Gasteiger partial charge in [0.2, 0.25) is 0 Å². The Morgan fingerprint density at radius 3 is 2.77 bits per heavy atom. The van der Waals surface area contributed by atoms with Gasteiger partial charge in [0.05, 0.1) is 19.4 Å². The normalized spacial score (nSPS) is 11.7. The molecule has 0 saturated carbocycles. The summed E-state index contributed by atoms with van der Waals surface area (Å²) in [5.41, 5.74) is 1.93. The average molecular weight is 420 g/mol. The fourth-order valence-electron chi connectivity index (χ4n) is 3.18. The lowest BCUT2D eigenvalue weighted by molar-refractivity contribution is 0.0997. The van der Waals surface area contributed by atoms with Crippen LogP contribution in [0.3, 0.4) is 0 Å². The number of carbonyl (C=O) groups excluding carboxylic acids is 1. The summed E-state index contributed by atoms with van der Waals surface area (Å²) in [6.45, 7) is 2.01. The maximum Gasteiger partial charge on any atom is 0.291 e. The molecule has 0 aliphatic rings. The van der Waals surface area contributed by atoms with Crippen molar-refractivity contribution in [1.29, 1.82) is 0 Å². The second kappa shape index (κ2) is 8.84. The second-order valence-electron chi connectivity index (χ2n) is 6.64. The number of amides is 1. The van der Waals surface area contributed by atoms with Gasteiger partial charge in [0.1, 0.15) is 16.6 Å². The van der Waals surface area contributed by atoms with Crippen LogP contribution in [0.4, 0.5) is 10.8 Å². The maximum atomic E-state index is 12.6. The first kappa shape index (κ1) is 19.7. The van der Waals surface area contributed by atoms with E-state index in [0.717, 1.165) is 32.6 Å². The number of carbonyl (C=O) groups is 1. The summed E-state index contributed by atoms with van der Waals surface area (Å²) in [5, 5.41) is 7.24. The molecule has 4 rings (SSSR count). The number of hydrogen-bond donors (Lipinski definition) is 2. The van der Waals surface area contributed by atoms with E-state index < -0.39 is 0 Å². The van der Waals surface area contributed by atoms with E-state index in [1.54, 1.807) is 25.4 Å². The summed E-state index contributed by atoms with van der Waals surface area (Å²) in [7, 11) is 1.64. The quantitative estimate of drug-likeness (QED) is 0.413. The van der Waals surface area contributed by atoms with Crippen molar-refractivity contribution in [3.63, 3.8) is 0 Å². The molecule has 1 unspecified atom stereocenters. The molecular weight excluding hydrogens is 398 g/mol. The van der Waals surface area contributed by atoms with Crippen molar-refractivity contribution in [2.45, 2.75) is 13.0 Å². The highest BCUT2D eigenvalue weighted by molar-refractivity contribution is 7.16. The van der Waals surface area contributed by atoms with Crippen molar-refractivity contribution in [2.24, 2.45) is 0 Å². The van der Waals surface area contributed by atoms with Gasteiger partial charge in [-0.25, -0.2) is 4.98 Å². The molecular formula is C23H21N3O3S. The van der Waals surface area contributed by atoms with Crippen molar-refractivity contribution >= 4 is 28.1 Å². The van der Waals surface area contributed by atoms with Crippen LogP contribution in [0.2, 0.25) is 0 Å². The number of hydrogen-bond acceptors (Lipinski definition) is 6. The minimum absolute atomic E-state index is 0.244. The minimum atomic E-state index is -0.287. The number of methoxy groups -OCH3 is 1. The van der Waals surface area contributed by atoms with Crippen molar-refractivity contribution in [2.75, 3.05) is 17.7 Å². The molecule has 0 fully saturated rings. The SMILES string of the molecule is COc1cccc(C(Nc2ccccn2)c2cc(C)sc2NC(=O)c2ccco2)c1. The number of benzene rings is 1. The van der Waals surface area contributed by atoms with E-state index >= 15 is 0 Å². The minimum Gasteiger partial charge on any atom is -0.497 e. The van der Waals surface area contributed by atoms with Crippen molar-refractivity contribution in [3.8, 4) is 5.75 Å². The average Bonchev–Trinajstić information content (AvgIpc) is 3.43. The third kappa shape index (κ3) is 4.36. The first-order valence-electron chi connectivity index (χ1n) is 9.41. The van der Waals surface area contributed by atoms with Gasteiger partial charge in [-0.3, -0.25) is 4.79 Å². The van der Waals surface area contributed by atoms with Crippen LogP contribution in [-0.2, 0) is 0 Å². The largest absolute Gasteiger partial charge is 0.497 e. The molecule has 0 radical (unpaired) electrons. The van der Waals surface area contributed by atoms with Gasteiger partial charge in [-0.05, 0) is 55.0 Å². The first-order chi connectivity index (χ1) is 14.6. The third-order valence-corrected chi connectivity index (χ3v) is 5.53. The highest BCUT2D eigenvalue weighted by atomic mass is 32.1. The van der Waals surface area contributed by atoms with Crippen LogP contribution in [0, 0.1) is 6.92 Å². The van der Waals surface area contributed by atoms with Gasteiger partial charge in [0, 0.05) is 16.6 Å². The monoisotopic (exact) mass is 419 g/mol. The van der Waals surface area contributed by atoms with E-state index in [1.807, 2.05) is 49.4 Å². The zero-order valence-corrected chi connectivity index (χ0v) is 17.4. The summed E-state index contributed by atoms with van der Waals surface area (Å²) in [6, 6.07) is 18.7. The van der Waals surface area contributed by atoms with Crippen LogP contribution in [0.1, 0.15) is 32.6 Å². The predicted octanol–water partition coefficient (Wildman–Crippen LogP) is 5.51. The number of furan rings is 1. The van der Waals surface area contributed by atoms with E-state index in [-0.39, 0.29) is 17.7 Å². The lowest BCUT2D eigenvalue weighted by atomic mass is 9.99. The molecule has 0 aliphatic carbocycles. The Bertz CT molecular complexity index is 1120. The van der Waals surface area contributed by atoms with Gasteiger partial charge in [-0.1, -0.05) is 18.2 Å². The molecule has 0 spiro atoms. The van der Waals surface area contributed by atoms with Crippen LogP contribution in [-0.4, -0.2) is 18.0 Å². The standard InChI is InChI=1S/C23H21N3O3S/c1-15-13-18(23(30-15)26-22(27)19-9-6-12-29-19)21(25-20-10-3-4-11-24-20)16-7-5-8-17(14-16)28-2/h3-14,21H,1-2H3,(H,24,25)(H,26,27). The lowest BCUT2D eigenvalue weighted by Gasteiger charge is -2.21. The highest BCUT2D eigenvalue weighted by Gasteiger charge is 2.23. The molecule has 4 aromatic rings. The van der Waals surface area contributed by atoms with Crippen LogP contribution in [0.25, 0.3) is 0 Å². The van der Waals surface area contributed by atoms with Crippen LogP contribution in [0.5, 0.6) is 5.75 Å². The number of anilines is 2.